The molecule has 0 unspecified atom stereocenters. The first-order valence-electron chi connectivity index (χ1n) is 7.89. The average Bonchev–Trinajstić information content (AvgIpc) is 3.26. The molecule has 2 rings (SSSR count). The summed E-state index contributed by atoms with van der Waals surface area (Å²) in [5, 5.41) is 14.7. The monoisotopic (exact) mass is 282 g/mol. The molecule has 2 aliphatic rings. The minimum Gasteiger partial charge on any atom is -0.481 e. The van der Waals surface area contributed by atoms with Gasteiger partial charge in [-0.2, -0.15) is 0 Å². The largest absolute Gasteiger partial charge is 0.481 e. The molecule has 0 bridgehead atoms. The van der Waals surface area contributed by atoms with E-state index in [2.05, 4.69) is 10.6 Å². The third-order valence-electron chi connectivity index (χ3n) is 4.52. The van der Waals surface area contributed by atoms with Crippen LogP contribution in [0, 0.1) is 17.8 Å². The molecule has 0 radical (unpaired) electrons. The van der Waals surface area contributed by atoms with Crippen LogP contribution in [0.15, 0.2) is 0 Å². The van der Waals surface area contributed by atoms with Crippen LogP contribution in [0.1, 0.15) is 51.4 Å². The zero-order valence-corrected chi connectivity index (χ0v) is 12.1. The van der Waals surface area contributed by atoms with Crippen molar-refractivity contribution in [2.45, 2.75) is 51.4 Å². The van der Waals surface area contributed by atoms with Crippen molar-refractivity contribution in [1.29, 1.82) is 0 Å². The van der Waals surface area contributed by atoms with Crippen molar-refractivity contribution in [3.63, 3.8) is 0 Å². The summed E-state index contributed by atoms with van der Waals surface area (Å²) < 4.78 is 0. The van der Waals surface area contributed by atoms with E-state index in [1.54, 1.807) is 0 Å². The lowest BCUT2D eigenvalue weighted by molar-refractivity contribution is -0.143. The Morgan fingerprint density at radius 1 is 0.950 bits per heavy atom. The SMILES string of the molecule is O=C(NCCCC1CC1)NCC1CCC(C(=O)O)CC1. The molecule has 2 saturated carbocycles. The smallest absolute Gasteiger partial charge is 0.314 e. The van der Waals surface area contributed by atoms with Gasteiger partial charge >= 0.3 is 12.0 Å². The minimum atomic E-state index is -0.676. The van der Waals surface area contributed by atoms with E-state index in [9.17, 15) is 9.59 Å². The number of carbonyl (C=O) groups is 2. The Morgan fingerprint density at radius 3 is 2.20 bits per heavy atom. The van der Waals surface area contributed by atoms with Crippen LogP contribution in [-0.4, -0.2) is 30.2 Å². The fourth-order valence-corrected chi connectivity index (χ4v) is 2.91. The first-order chi connectivity index (χ1) is 9.65. The lowest BCUT2D eigenvalue weighted by Gasteiger charge is -2.26. The van der Waals surface area contributed by atoms with Gasteiger partial charge in [0.25, 0.3) is 0 Å². The van der Waals surface area contributed by atoms with E-state index in [-0.39, 0.29) is 11.9 Å². The number of hydrogen-bond acceptors (Lipinski definition) is 2. The second-order valence-electron chi connectivity index (χ2n) is 6.28. The Bertz CT molecular complexity index is 334. The number of rotatable bonds is 7. The molecule has 0 aliphatic heterocycles. The highest BCUT2D eigenvalue weighted by atomic mass is 16.4. The fourth-order valence-electron chi connectivity index (χ4n) is 2.91. The Kier molecular flexibility index (Phi) is 5.68. The maximum atomic E-state index is 11.6. The van der Waals surface area contributed by atoms with Crippen molar-refractivity contribution in [1.82, 2.24) is 10.6 Å². The number of nitrogens with one attached hydrogen (secondary N) is 2. The topological polar surface area (TPSA) is 78.4 Å². The van der Waals surface area contributed by atoms with Crippen LogP contribution < -0.4 is 10.6 Å². The van der Waals surface area contributed by atoms with E-state index in [0.717, 1.165) is 44.6 Å². The predicted octanol–water partition coefficient (Wildman–Crippen LogP) is 2.37. The summed E-state index contributed by atoms with van der Waals surface area (Å²) in [4.78, 5) is 22.4. The van der Waals surface area contributed by atoms with Crippen LogP contribution in [0.2, 0.25) is 0 Å². The Balaban J connectivity index is 1.49. The normalized spacial score (nSPS) is 26.0. The molecule has 20 heavy (non-hydrogen) atoms. The van der Waals surface area contributed by atoms with Gasteiger partial charge in [-0.15, -0.1) is 0 Å². The van der Waals surface area contributed by atoms with Crippen molar-refractivity contribution in [2.75, 3.05) is 13.1 Å². The number of carbonyl (C=O) groups excluding carboxylic acids is 1. The second-order valence-corrected chi connectivity index (χ2v) is 6.28. The molecule has 2 fully saturated rings. The van der Waals surface area contributed by atoms with Crippen LogP contribution in [0.25, 0.3) is 0 Å². The highest BCUT2D eigenvalue weighted by Crippen LogP contribution is 2.33. The van der Waals surface area contributed by atoms with E-state index in [4.69, 9.17) is 5.11 Å². The zero-order valence-electron chi connectivity index (χ0n) is 12.1. The van der Waals surface area contributed by atoms with Crippen LogP contribution in [0.4, 0.5) is 4.79 Å². The number of urea groups is 1. The molecule has 3 N–H and O–H groups in total. The summed E-state index contributed by atoms with van der Waals surface area (Å²) in [7, 11) is 0. The van der Waals surface area contributed by atoms with Gasteiger partial charge in [0.2, 0.25) is 0 Å². The number of carboxylic acid groups (broad SMARTS) is 1. The Labute approximate surface area is 120 Å². The third kappa shape index (κ3) is 5.39. The highest BCUT2D eigenvalue weighted by Gasteiger charge is 2.26. The first kappa shape index (κ1) is 15.1. The molecule has 2 aliphatic carbocycles. The van der Waals surface area contributed by atoms with Gasteiger partial charge in [-0.05, 0) is 50.4 Å². The second kappa shape index (κ2) is 7.50. The van der Waals surface area contributed by atoms with Crippen LogP contribution in [0.5, 0.6) is 0 Å². The van der Waals surface area contributed by atoms with Crippen molar-refractivity contribution >= 4 is 12.0 Å². The summed E-state index contributed by atoms with van der Waals surface area (Å²) in [6, 6.07) is -0.0823. The highest BCUT2D eigenvalue weighted by molar-refractivity contribution is 5.73. The predicted molar refractivity (Wildman–Crippen MR) is 76.4 cm³/mol. The van der Waals surface area contributed by atoms with E-state index in [1.807, 2.05) is 0 Å². The summed E-state index contributed by atoms with van der Waals surface area (Å²) >= 11 is 0. The maximum absolute atomic E-state index is 11.6. The summed E-state index contributed by atoms with van der Waals surface area (Å²) in [6.45, 7) is 1.43. The van der Waals surface area contributed by atoms with Gasteiger partial charge in [-0.1, -0.05) is 12.8 Å². The number of aliphatic carboxylic acids is 1. The lowest BCUT2D eigenvalue weighted by atomic mass is 9.82. The van der Waals surface area contributed by atoms with Gasteiger partial charge in [-0.25, -0.2) is 4.79 Å². The molecule has 0 atom stereocenters. The van der Waals surface area contributed by atoms with Crippen LogP contribution >= 0.6 is 0 Å². The van der Waals surface area contributed by atoms with Gasteiger partial charge in [0.15, 0.2) is 0 Å². The molecule has 0 aromatic rings. The number of hydrogen-bond donors (Lipinski definition) is 3. The van der Waals surface area contributed by atoms with Crippen LogP contribution in [0.3, 0.4) is 0 Å². The summed E-state index contributed by atoms with van der Waals surface area (Å²) in [5.74, 6) is 0.499. The molecule has 0 saturated heterocycles. The van der Waals surface area contributed by atoms with Gasteiger partial charge in [0.1, 0.15) is 0 Å². The summed E-state index contributed by atoms with van der Waals surface area (Å²) in [5.41, 5.74) is 0. The minimum absolute atomic E-state index is 0.0823. The van der Waals surface area contributed by atoms with Crippen molar-refractivity contribution < 1.29 is 14.7 Å². The molecule has 114 valence electrons. The van der Waals surface area contributed by atoms with Gasteiger partial charge in [0.05, 0.1) is 5.92 Å². The van der Waals surface area contributed by atoms with Crippen molar-refractivity contribution in [2.24, 2.45) is 17.8 Å². The molecule has 5 nitrogen and oxygen atoms in total. The standard InChI is InChI=1S/C15H26N2O3/c18-14(19)13-7-5-12(6-8-13)10-17-15(20)16-9-1-2-11-3-4-11/h11-13H,1-10H2,(H,18,19)(H2,16,17,20). The fraction of sp³-hybridized carbons (Fsp3) is 0.867. The third-order valence-corrected chi connectivity index (χ3v) is 4.52. The molecule has 0 aromatic carbocycles. The average molecular weight is 282 g/mol. The first-order valence-corrected chi connectivity index (χ1v) is 7.89. The van der Waals surface area contributed by atoms with E-state index in [1.165, 1.54) is 19.3 Å². The van der Waals surface area contributed by atoms with Crippen LogP contribution in [-0.2, 0) is 4.79 Å². The Hall–Kier alpha value is -1.26. The molecule has 0 aromatic heterocycles. The molecular weight excluding hydrogens is 256 g/mol. The van der Waals surface area contributed by atoms with E-state index >= 15 is 0 Å². The van der Waals surface area contributed by atoms with Gasteiger partial charge in [-0.3, -0.25) is 4.79 Å². The molecule has 0 heterocycles. The van der Waals surface area contributed by atoms with Crippen molar-refractivity contribution in [3.05, 3.63) is 0 Å². The number of amides is 2. The molecule has 2 amide bonds. The zero-order chi connectivity index (χ0) is 14.4. The molecule has 0 spiro atoms. The molecular formula is C15H26N2O3. The lowest BCUT2D eigenvalue weighted by Crippen LogP contribution is -2.39. The van der Waals surface area contributed by atoms with E-state index < -0.39 is 5.97 Å². The quantitative estimate of drug-likeness (QED) is 0.627. The van der Waals surface area contributed by atoms with E-state index in [0.29, 0.717) is 12.5 Å². The van der Waals surface area contributed by atoms with Gasteiger partial charge in [0, 0.05) is 13.1 Å². The maximum Gasteiger partial charge on any atom is 0.314 e. The molecule has 5 heteroatoms. The Morgan fingerprint density at radius 2 is 1.60 bits per heavy atom. The number of carboxylic acids is 1. The summed E-state index contributed by atoms with van der Waals surface area (Å²) in [6.07, 6.45) is 8.32. The van der Waals surface area contributed by atoms with Crippen molar-refractivity contribution in [3.8, 4) is 0 Å². The van der Waals surface area contributed by atoms with Gasteiger partial charge < -0.3 is 15.7 Å².